The van der Waals surface area contributed by atoms with Crippen LogP contribution in [0.2, 0.25) is 0 Å². The number of carbonyl (C=O) groups is 4. The van der Waals surface area contributed by atoms with Gasteiger partial charge in [0.2, 0.25) is 21.8 Å². The van der Waals surface area contributed by atoms with Gasteiger partial charge in [-0.15, -0.1) is 6.58 Å². The van der Waals surface area contributed by atoms with Gasteiger partial charge >= 0.3 is 6.09 Å². The van der Waals surface area contributed by atoms with Gasteiger partial charge < -0.3 is 25.1 Å². The van der Waals surface area contributed by atoms with Gasteiger partial charge in [-0.3, -0.25) is 19.1 Å². The monoisotopic (exact) mass is 759 g/mol. The number of likely N-dealkylation sites (tertiary alicyclic amines) is 1. The first-order chi connectivity index (χ1) is 25.7. The van der Waals surface area contributed by atoms with E-state index in [1.165, 1.54) is 4.90 Å². The average Bonchev–Trinajstić information content (AvgIpc) is 3.95. The van der Waals surface area contributed by atoms with E-state index in [9.17, 15) is 27.6 Å². The van der Waals surface area contributed by atoms with E-state index in [0.717, 1.165) is 47.9 Å². The molecule has 0 spiro atoms. The molecule has 1 heterocycles. The van der Waals surface area contributed by atoms with E-state index in [-0.39, 0.29) is 31.4 Å². The molecule has 1 saturated heterocycles. The molecule has 288 valence electrons. The van der Waals surface area contributed by atoms with Crippen LogP contribution in [-0.4, -0.2) is 84.5 Å². The molecule has 14 heteroatoms. The molecule has 4 fully saturated rings. The van der Waals surface area contributed by atoms with E-state index < -0.39 is 68.2 Å². The Morgan fingerprint density at radius 2 is 1.57 bits per heavy atom. The van der Waals surface area contributed by atoms with E-state index in [4.69, 9.17) is 9.57 Å². The lowest BCUT2D eigenvalue weighted by Gasteiger charge is -2.35. The van der Waals surface area contributed by atoms with Crippen molar-refractivity contribution in [1.82, 2.24) is 20.3 Å². The minimum Gasteiger partial charge on any atom is -0.446 e. The summed E-state index contributed by atoms with van der Waals surface area (Å²) in [5.74, 6) is -2.33. The zero-order chi connectivity index (χ0) is 38.4. The fourth-order valence-electron chi connectivity index (χ4n) is 8.00. The Morgan fingerprint density at radius 1 is 0.963 bits per heavy atom. The molecule has 54 heavy (non-hydrogen) atoms. The van der Waals surface area contributed by atoms with Crippen molar-refractivity contribution < 1.29 is 37.2 Å². The van der Waals surface area contributed by atoms with Crippen molar-refractivity contribution in [3.8, 4) is 11.1 Å². The van der Waals surface area contributed by atoms with Gasteiger partial charge in [-0.2, -0.15) is 0 Å². The highest BCUT2D eigenvalue weighted by atomic mass is 32.2. The van der Waals surface area contributed by atoms with E-state index in [1.807, 2.05) is 69.3 Å². The Morgan fingerprint density at radius 3 is 2.15 bits per heavy atom. The van der Waals surface area contributed by atoms with Crippen LogP contribution in [0, 0.1) is 11.3 Å². The van der Waals surface area contributed by atoms with Gasteiger partial charge in [0.15, 0.2) is 0 Å². The van der Waals surface area contributed by atoms with Crippen LogP contribution in [0.15, 0.2) is 66.3 Å². The van der Waals surface area contributed by atoms with Crippen molar-refractivity contribution in [3.05, 3.63) is 72.3 Å². The Balaban J connectivity index is 1.16. The summed E-state index contributed by atoms with van der Waals surface area (Å²) in [6.45, 7) is 9.18. The van der Waals surface area contributed by atoms with Crippen LogP contribution in [0.1, 0.15) is 89.7 Å². The zero-order valence-corrected chi connectivity index (χ0v) is 31.8. The molecule has 5 atom stereocenters. The van der Waals surface area contributed by atoms with Gasteiger partial charge in [-0.25, -0.2) is 13.2 Å². The number of nitrogens with one attached hydrogen (secondary N) is 3. The van der Waals surface area contributed by atoms with Crippen LogP contribution in [0.4, 0.5) is 4.79 Å². The molecule has 2 aromatic carbocycles. The smallest absolute Gasteiger partial charge is 0.408 e. The van der Waals surface area contributed by atoms with E-state index in [2.05, 4.69) is 27.1 Å². The van der Waals surface area contributed by atoms with Crippen molar-refractivity contribution in [1.29, 1.82) is 0 Å². The zero-order valence-electron chi connectivity index (χ0n) is 31.0. The van der Waals surface area contributed by atoms with Crippen molar-refractivity contribution in [2.45, 2.75) is 114 Å². The lowest BCUT2D eigenvalue weighted by Crippen LogP contribution is -2.60. The number of alkyl carbamates (subject to hydrolysis) is 1. The van der Waals surface area contributed by atoms with Crippen molar-refractivity contribution >= 4 is 39.5 Å². The molecule has 2 aromatic rings. The maximum atomic E-state index is 14.6. The van der Waals surface area contributed by atoms with Gasteiger partial charge in [-0.05, 0) is 73.8 Å². The highest BCUT2D eigenvalue weighted by Gasteiger charge is 2.62. The minimum absolute atomic E-state index is 0.0330. The minimum atomic E-state index is -3.89. The average molecular weight is 760 g/mol. The predicted octanol–water partition coefficient (Wildman–Crippen LogP) is 4.55. The van der Waals surface area contributed by atoms with Crippen LogP contribution in [0.5, 0.6) is 0 Å². The summed E-state index contributed by atoms with van der Waals surface area (Å²) >= 11 is 0. The molecule has 4 amide bonds. The molecular weight excluding hydrogens is 711 g/mol. The first-order valence-electron chi connectivity index (χ1n) is 18.9. The number of amides is 4. The standard InChI is InChI=1S/C40H49N5O8S/c1-5-12-24-22-40(24,37(48)44-54(50,51)27-19-20-27)42-35(46)32-21-26(53-43-33-30-17-10-8-15-28(30)29-16-9-11-18-31(29)33)23-45(32)36(47)34(39(2,3)4)41-38(49)52-25-13-6-7-14-25/h5,8-11,15-18,24-27,32,34H,1,6-7,12-14,19-23H2,2-4H3,(H,41,49)(H,42,46)(H,44,48)/t24-,26-,32+,34-,40-/m1/s1. The summed E-state index contributed by atoms with van der Waals surface area (Å²) < 4.78 is 33.4. The van der Waals surface area contributed by atoms with Gasteiger partial charge in [0.05, 0.1) is 11.8 Å². The van der Waals surface area contributed by atoms with Crippen LogP contribution >= 0.6 is 0 Å². The van der Waals surface area contributed by atoms with E-state index >= 15 is 0 Å². The molecule has 3 N–H and O–H groups in total. The van der Waals surface area contributed by atoms with Crippen molar-refractivity contribution in [3.63, 3.8) is 0 Å². The molecule has 5 aliphatic rings. The second kappa shape index (κ2) is 14.5. The number of hydrogen-bond donors (Lipinski definition) is 3. The number of ether oxygens (including phenoxy) is 1. The lowest BCUT2D eigenvalue weighted by atomic mass is 9.85. The molecule has 13 nitrogen and oxygen atoms in total. The molecule has 0 radical (unpaired) electrons. The molecule has 3 saturated carbocycles. The largest absolute Gasteiger partial charge is 0.446 e. The van der Waals surface area contributed by atoms with Crippen molar-refractivity contribution in [2.24, 2.45) is 16.5 Å². The molecule has 0 unspecified atom stereocenters. The van der Waals surface area contributed by atoms with Crippen molar-refractivity contribution in [2.75, 3.05) is 6.54 Å². The summed E-state index contributed by atoms with van der Waals surface area (Å²) in [5, 5.41) is 9.62. The number of fused-ring (bicyclic) bond motifs is 3. The quantitative estimate of drug-likeness (QED) is 0.178. The second-order valence-electron chi connectivity index (χ2n) is 16.3. The Bertz CT molecular complexity index is 1930. The Hall–Kier alpha value is -4.72. The summed E-state index contributed by atoms with van der Waals surface area (Å²) in [7, 11) is -3.89. The van der Waals surface area contributed by atoms with Gasteiger partial charge in [0.1, 0.15) is 35.5 Å². The number of nitrogens with zero attached hydrogens (tertiary/aromatic N) is 2. The number of sulfonamides is 1. The normalized spacial score (nSPS) is 25.2. The number of allylic oxidation sites excluding steroid dienone is 1. The van der Waals surface area contributed by atoms with Crippen LogP contribution < -0.4 is 15.4 Å². The number of oxime groups is 1. The Labute approximate surface area is 316 Å². The van der Waals surface area contributed by atoms with Crippen LogP contribution in [0.25, 0.3) is 11.1 Å². The molecule has 0 bridgehead atoms. The highest BCUT2D eigenvalue weighted by molar-refractivity contribution is 7.91. The van der Waals surface area contributed by atoms with Crippen LogP contribution in [-0.2, 0) is 34.0 Å². The topological polar surface area (TPSA) is 173 Å². The Kier molecular flexibility index (Phi) is 10.1. The maximum Gasteiger partial charge on any atom is 0.408 e. The third-order valence-electron chi connectivity index (χ3n) is 11.3. The van der Waals surface area contributed by atoms with Gasteiger partial charge in [0, 0.05) is 17.5 Å². The van der Waals surface area contributed by atoms with Gasteiger partial charge in [-0.1, -0.05) is 80.5 Å². The second-order valence-corrected chi connectivity index (χ2v) is 18.3. The van der Waals surface area contributed by atoms with Gasteiger partial charge in [0.25, 0.3) is 5.91 Å². The fourth-order valence-corrected chi connectivity index (χ4v) is 9.36. The number of rotatable bonds is 12. The number of hydrogen-bond acceptors (Lipinski definition) is 9. The molecule has 1 aliphatic heterocycles. The first kappa shape index (κ1) is 37.6. The summed E-state index contributed by atoms with van der Waals surface area (Å²) in [4.78, 5) is 63.2. The maximum absolute atomic E-state index is 14.6. The highest BCUT2D eigenvalue weighted by Crippen LogP contribution is 2.47. The third-order valence-corrected chi connectivity index (χ3v) is 13.1. The molecule has 7 rings (SSSR count). The SMILES string of the molecule is C=CC[C@@H]1C[C@]1(NC(=O)[C@@H]1C[C@@H](ON=C2c3ccccc3-c3ccccc32)CN1C(=O)[C@@H](NC(=O)OC1CCCC1)C(C)(C)C)C(=O)NS(=O)(=O)C1CC1. The fraction of sp³-hybridized carbons (Fsp3) is 0.525. The summed E-state index contributed by atoms with van der Waals surface area (Å²) in [6, 6.07) is 13.5. The third kappa shape index (κ3) is 7.49. The van der Waals surface area contributed by atoms with Crippen LogP contribution in [0.3, 0.4) is 0 Å². The summed E-state index contributed by atoms with van der Waals surface area (Å²) in [5.41, 5.74) is 2.18. The lowest BCUT2D eigenvalue weighted by molar-refractivity contribution is -0.143. The number of carbonyl (C=O) groups excluding carboxylic acids is 4. The predicted molar refractivity (Wildman–Crippen MR) is 202 cm³/mol. The molecular formula is C40H49N5O8S. The molecule has 0 aromatic heterocycles. The first-order valence-corrected chi connectivity index (χ1v) is 20.5. The number of benzene rings is 2. The summed E-state index contributed by atoms with van der Waals surface area (Å²) in [6.07, 6.45) is 4.98. The van der Waals surface area contributed by atoms with E-state index in [1.54, 1.807) is 6.08 Å². The van der Waals surface area contributed by atoms with E-state index in [0.29, 0.717) is 25.0 Å². The molecule has 4 aliphatic carbocycles.